The molecule has 1 aliphatic heterocycles. The minimum absolute atomic E-state index is 0.930. The van der Waals surface area contributed by atoms with Crippen molar-refractivity contribution in [2.75, 3.05) is 5.32 Å². The molecule has 0 radical (unpaired) electrons. The monoisotopic (exact) mass is 347 g/mol. The summed E-state index contributed by atoms with van der Waals surface area (Å²) in [4.78, 5) is 3.27. The van der Waals surface area contributed by atoms with Crippen LogP contribution in [-0.4, -0.2) is 3.12 Å². The molecule has 0 bridgehead atoms. The van der Waals surface area contributed by atoms with Gasteiger partial charge in [0.1, 0.15) is 0 Å². The molecule has 0 atom stereocenters. The maximum Gasteiger partial charge on any atom is 0.241 e. The van der Waals surface area contributed by atoms with Crippen LogP contribution in [0.25, 0.3) is 0 Å². The number of halogens is 3. The third-order valence-electron chi connectivity index (χ3n) is 2.58. The molecule has 0 saturated carbocycles. The summed E-state index contributed by atoms with van der Waals surface area (Å²) in [5.74, 6) is 0. The van der Waals surface area contributed by atoms with E-state index >= 15 is 0 Å². The van der Waals surface area contributed by atoms with Gasteiger partial charge in [-0.25, -0.2) is 0 Å². The first-order chi connectivity index (χ1) is 9.03. The number of para-hydroxylation sites is 2. The molecule has 1 aliphatic rings. The number of benzene rings is 2. The normalized spacial score (nSPS) is 13.4. The molecule has 0 fully saturated rings. The van der Waals surface area contributed by atoms with Gasteiger partial charge in [0.25, 0.3) is 0 Å². The number of alkyl halides is 3. The minimum atomic E-state index is -1.36. The SMILES string of the molecule is ClC(Cl)(Cl)Sc1cccc2c1Nc1ccccc1S2. The predicted molar refractivity (Wildman–Crippen MR) is 86.4 cm³/mol. The molecule has 1 heterocycles. The van der Waals surface area contributed by atoms with Gasteiger partial charge in [-0.2, -0.15) is 0 Å². The zero-order chi connectivity index (χ0) is 13.5. The fraction of sp³-hybridized carbons (Fsp3) is 0.0769. The van der Waals surface area contributed by atoms with Crippen molar-refractivity contribution in [3.05, 3.63) is 42.5 Å². The Balaban J connectivity index is 2.01. The maximum atomic E-state index is 5.87. The van der Waals surface area contributed by atoms with E-state index in [1.807, 2.05) is 30.3 Å². The molecule has 0 unspecified atom stereocenters. The Morgan fingerprint density at radius 3 is 2.47 bits per heavy atom. The molecule has 98 valence electrons. The number of anilines is 2. The van der Waals surface area contributed by atoms with E-state index in [-0.39, 0.29) is 0 Å². The van der Waals surface area contributed by atoms with Crippen LogP contribution < -0.4 is 5.32 Å². The molecule has 3 rings (SSSR count). The average molecular weight is 349 g/mol. The zero-order valence-corrected chi connectivity index (χ0v) is 13.4. The van der Waals surface area contributed by atoms with Crippen molar-refractivity contribution in [1.82, 2.24) is 0 Å². The molecule has 0 saturated heterocycles. The van der Waals surface area contributed by atoms with Crippen LogP contribution in [0.4, 0.5) is 11.4 Å². The maximum absolute atomic E-state index is 5.87. The van der Waals surface area contributed by atoms with Gasteiger partial charge in [-0.05, 0) is 24.3 Å². The molecule has 0 amide bonds. The summed E-state index contributed by atoms with van der Waals surface area (Å²) in [5.41, 5.74) is 2.08. The Kier molecular flexibility index (Phi) is 3.84. The second kappa shape index (κ2) is 5.30. The lowest BCUT2D eigenvalue weighted by Gasteiger charge is -2.24. The van der Waals surface area contributed by atoms with Gasteiger partial charge in [0.15, 0.2) is 0 Å². The van der Waals surface area contributed by atoms with Crippen molar-refractivity contribution < 1.29 is 0 Å². The van der Waals surface area contributed by atoms with Crippen LogP contribution in [0.15, 0.2) is 57.2 Å². The van der Waals surface area contributed by atoms with Gasteiger partial charge in [0.2, 0.25) is 3.12 Å². The number of rotatable bonds is 1. The summed E-state index contributed by atoms with van der Waals surface area (Å²) in [6.45, 7) is 0. The number of fused-ring (bicyclic) bond motifs is 2. The summed E-state index contributed by atoms with van der Waals surface area (Å²) in [7, 11) is 0. The van der Waals surface area contributed by atoms with E-state index in [0.717, 1.165) is 21.2 Å². The topological polar surface area (TPSA) is 12.0 Å². The van der Waals surface area contributed by atoms with E-state index in [9.17, 15) is 0 Å². The molecule has 2 aromatic carbocycles. The highest BCUT2D eigenvalue weighted by atomic mass is 35.6. The van der Waals surface area contributed by atoms with Crippen molar-refractivity contribution in [1.29, 1.82) is 0 Å². The molecule has 0 spiro atoms. The number of thioether (sulfide) groups is 1. The molecule has 1 nitrogen and oxygen atoms in total. The van der Waals surface area contributed by atoms with Crippen molar-refractivity contribution in [3.8, 4) is 0 Å². The molecule has 6 heteroatoms. The first-order valence-corrected chi connectivity index (χ1v) is 8.22. The summed E-state index contributed by atoms with van der Waals surface area (Å²) in [5, 5.41) is 3.41. The van der Waals surface area contributed by atoms with Crippen LogP contribution in [0.3, 0.4) is 0 Å². The largest absolute Gasteiger partial charge is 0.353 e. The average Bonchev–Trinajstić information content (AvgIpc) is 2.35. The van der Waals surface area contributed by atoms with Gasteiger partial charge in [0.05, 0.1) is 11.4 Å². The first-order valence-electron chi connectivity index (χ1n) is 5.45. The summed E-state index contributed by atoms with van der Waals surface area (Å²) >= 11 is 20.5. The van der Waals surface area contributed by atoms with E-state index in [1.165, 1.54) is 16.7 Å². The van der Waals surface area contributed by atoms with Crippen LogP contribution in [0.1, 0.15) is 0 Å². The molecule has 0 aromatic heterocycles. The van der Waals surface area contributed by atoms with Gasteiger partial charge in [0, 0.05) is 14.7 Å². The summed E-state index contributed by atoms with van der Waals surface area (Å²) in [6, 6.07) is 14.1. The fourth-order valence-corrected chi connectivity index (χ4v) is 4.33. The second-order valence-electron chi connectivity index (χ2n) is 3.90. The summed E-state index contributed by atoms with van der Waals surface area (Å²) in [6.07, 6.45) is 0. The van der Waals surface area contributed by atoms with E-state index in [2.05, 4.69) is 17.4 Å². The molecular weight excluding hydrogens is 341 g/mol. The van der Waals surface area contributed by atoms with E-state index in [1.54, 1.807) is 11.8 Å². The lowest BCUT2D eigenvalue weighted by Crippen LogP contribution is -2.03. The Bertz CT molecular complexity index is 626. The highest BCUT2D eigenvalue weighted by Gasteiger charge is 2.25. The van der Waals surface area contributed by atoms with Gasteiger partial charge < -0.3 is 5.32 Å². The third kappa shape index (κ3) is 3.11. The van der Waals surface area contributed by atoms with Crippen LogP contribution >= 0.6 is 58.3 Å². The Morgan fingerprint density at radius 1 is 0.947 bits per heavy atom. The number of hydrogen-bond acceptors (Lipinski definition) is 3. The standard InChI is InChI=1S/C13H8Cl3NS2/c14-13(15,16)19-11-7-3-6-10-12(11)17-8-4-1-2-5-9(8)18-10/h1-7,17H. The van der Waals surface area contributed by atoms with Crippen molar-refractivity contribution in [3.63, 3.8) is 0 Å². The molecule has 0 aliphatic carbocycles. The molecule has 19 heavy (non-hydrogen) atoms. The summed E-state index contributed by atoms with van der Waals surface area (Å²) < 4.78 is -1.36. The highest BCUT2D eigenvalue weighted by Crippen LogP contribution is 2.52. The quantitative estimate of drug-likeness (QED) is 0.408. The zero-order valence-electron chi connectivity index (χ0n) is 9.49. The van der Waals surface area contributed by atoms with Crippen molar-refractivity contribution in [2.45, 2.75) is 17.8 Å². The van der Waals surface area contributed by atoms with Gasteiger partial charge in [-0.15, -0.1) is 0 Å². The molecular formula is C13H8Cl3NS2. The van der Waals surface area contributed by atoms with E-state index in [4.69, 9.17) is 34.8 Å². The number of nitrogens with one attached hydrogen (secondary N) is 1. The van der Waals surface area contributed by atoms with Gasteiger partial charge in [-0.3, -0.25) is 0 Å². The predicted octanol–water partition coefficient (Wildman–Crippen LogP) is 6.31. The highest BCUT2D eigenvalue weighted by molar-refractivity contribution is 8.05. The lowest BCUT2D eigenvalue weighted by atomic mass is 10.2. The Morgan fingerprint density at radius 2 is 1.68 bits per heavy atom. The lowest BCUT2D eigenvalue weighted by molar-refractivity contribution is 1.25. The van der Waals surface area contributed by atoms with Crippen LogP contribution in [0, 0.1) is 0 Å². The first kappa shape index (κ1) is 13.8. The molecule has 1 N–H and O–H groups in total. The fourth-order valence-electron chi connectivity index (χ4n) is 1.84. The second-order valence-corrected chi connectivity index (χ2v) is 9.19. The third-order valence-corrected chi connectivity index (χ3v) is 5.20. The Labute approximate surface area is 135 Å². The van der Waals surface area contributed by atoms with Crippen LogP contribution in [-0.2, 0) is 0 Å². The van der Waals surface area contributed by atoms with Crippen LogP contribution in [0.2, 0.25) is 0 Å². The minimum Gasteiger partial charge on any atom is -0.353 e. The smallest absolute Gasteiger partial charge is 0.241 e. The van der Waals surface area contributed by atoms with Crippen molar-refractivity contribution in [2.24, 2.45) is 0 Å². The molecule has 2 aromatic rings. The van der Waals surface area contributed by atoms with Gasteiger partial charge in [-0.1, -0.05) is 76.5 Å². The van der Waals surface area contributed by atoms with E-state index < -0.39 is 3.12 Å². The van der Waals surface area contributed by atoms with Crippen molar-refractivity contribution >= 4 is 69.7 Å². The van der Waals surface area contributed by atoms with E-state index in [0.29, 0.717) is 0 Å². The Hall–Kier alpha value is -0.190. The van der Waals surface area contributed by atoms with Gasteiger partial charge >= 0.3 is 0 Å². The number of hydrogen-bond donors (Lipinski definition) is 1. The van der Waals surface area contributed by atoms with Crippen LogP contribution in [0.5, 0.6) is 0 Å².